The fourth-order valence-electron chi connectivity index (χ4n) is 2.21. The molecule has 1 fully saturated rings. The lowest BCUT2D eigenvalue weighted by Crippen LogP contribution is -2.50. The zero-order valence-electron chi connectivity index (χ0n) is 9.63. The second kappa shape index (κ2) is 3.62. The van der Waals surface area contributed by atoms with Crippen LogP contribution in [0.3, 0.4) is 0 Å². The summed E-state index contributed by atoms with van der Waals surface area (Å²) in [6, 6.07) is 4.27. The fourth-order valence-corrected chi connectivity index (χ4v) is 2.21. The lowest BCUT2D eigenvalue weighted by molar-refractivity contribution is -0.0844. The van der Waals surface area contributed by atoms with Crippen molar-refractivity contribution in [2.45, 2.75) is 26.2 Å². The zero-order chi connectivity index (χ0) is 11.1. The molecular weight excluding hydrogens is 188 g/mol. The van der Waals surface area contributed by atoms with E-state index in [9.17, 15) is 5.11 Å². The van der Waals surface area contributed by atoms with Crippen molar-refractivity contribution in [2.75, 3.05) is 19.8 Å². The molecule has 0 aromatic heterocycles. The molecule has 1 N–H and O–H groups in total. The average molecular weight is 206 g/mol. The molecule has 0 aliphatic carbocycles. The highest BCUT2D eigenvalue weighted by Gasteiger charge is 2.40. The molecule has 0 amide bonds. The van der Waals surface area contributed by atoms with Crippen molar-refractivity contribution in [3.8, 4) is 0 Å². The third-order valence-electron chi connectivity index (χ3n) is 3.69. The molecule has 1 aliphatic heterocycles. The van der Waals surface area contributed by atoms with Crippen LogP contribution in [0.2, 0.25) is 0 Å². The van der Waals surface area contributed by atoms with Gasteiger partial charge < -0.3 is 9.84 Å². The third kappa shape index (κ3) is 1.48. The number of aliphatic hydroxyl groups is 1. The van der Waals surface area contributed by atoms with Crippen LogP contribution in [0, 0.1) is 20.8 Å². The van der Waals surface area contributed by atoms with Gasteiger partial charge in [0, 0.05) is 0 Å². The molecule has 0 atom stereocenters. The molecule has 0 unspecified atom stereocenters. The fraction of sp³-hybridized carbons (Fsp3) is 0.538. The van der Waals surface area contributed by atoms with E-state index in [4.69, 9.17) is 4.74 Å². The van der Waals surface area contributed by atoms with Crippen molar-refractivity contribution in [3.05, 3.63) is 34.4 Å². The minimum absolute atomic E-state index is 0.136. The molecule has 0 bridgehead atoms. The first-order chi connectivity index (χ1) is 7.10. The summed E-state index contributed by atoms with van der Waals surface area (Å²) in [5.74, 6) is 0. The minimum atomic E-state index is -0.136. The average Bonchev–Trinajstić information content (AvgIpc) is 2.17. The van der Waals surface area contributed by atoms with E-state index in [0.717, 1.165) is 0 Å². The Bertz CT molecular complexity index is 373. The van der Waals surface area contributed by atoms with E-state index < -0.39 is 0 Å². The molecule has 0 spiro atoms. The van der Waals surface area contributed by atoms with Crippen LogP contribution in [0.25, 0.3) is 0 Å². The Balaban J connectivity index is 2.49. The van der Waals surface area contributed by atoms with Gasteiger partial charge in [-0.3, -0.25) is 0 Å². The van der Waals surface area contributed by atoms with E-state index >= 15 is 0 Å². The van der Waals surface area contributed by atoms with Crippen molar-refractivity contribution in [1.29, 1.82) is 0 Å². The predicted octanol–water partition coefficient (Wildman–Crippen LogP) is 1.87. The van der Waals surface area contributed by atoms with Crippen LogP contribution >= 0.6 is 0 Å². The second-order valence-corrected chi connectivity index (χ2v) is 4.61. The van der Waals surface area contributed by atoms with Gasteiger partial charge in [0.25, 0.3) is 0 Å². The van der Waals surface area contributed by atoms with Gasteiger partial charge in [0.1, 0.15) is 0 Å². The molecule has 0 radical (unpaired) electrons. The Morgan fingerprint density at radius 1 is 1.20 bits per heavy atom. The minimum Gasteiger partial charge on any atom is -0.395 e. The SMILES string of the molecule is Cc1ccc(C2(CO)COC2)c(C)c1C. The van der Waals surface area contributed by atoms with Crippen molar-refractivity contribution >= 4 is 0 Å². The smallest absolute Gasteiger partial charge is 0.0653 e. The van der Waals surface area contributed by atoms with E-state index in [1.165, 1.54) is 22.3 Å². The zero-order valence-corrected chi connectivity index (χ0v) is 9.63. The van der Waals surface area contributed by atoms with Crippen LogP contribution in [0.5, 0.6) is 0 Å². The summed E-state index contributed by atoms with van der Waals surface area (Å²) in [5.41, 5.74) is 5.05. The van der Waals surface area contributed by atoms with Crippen LogP contribution in [0.4, 0.5) is 0 Å². The Morgan fingerprint density at radius 3 is 2.33 bits per heavy atom. The Labute approximate surface area is 90.9 Å². The number of hydrogen-bond acceptors (Lipinski definition) is 2. The van der Waals surface area contributed by atoms with E-state index in [2.05, 4.69) is 32.9 Å². The van der Waals surface area contributed by atoms with Gasteiger partial charge in [-0.15, -0.1) is 0 Å². The first-order valence-electron chi connectivity index (χ1n) is 5.36. The summed E-state index contributed by atoms with van der Waals surface area (Å²) in [6.07, 6.45) is 0. The van der Waals surface area contributed by atoms with Crippen molar-refractivity contribution in [3.63, 3.8) is 0 Å². The third-order valence-corrected chi connectivity index (χ3v) is 3.69. The molecule has 1 aromatic carbocycles. The number of ether oxygens (including phenoxy) is 1. The molecule has 82 valence electrons. The molecule has 2 rings (SSSR count). The van der Waals surface area contributed by atoms with Crippen LogP contribution in [0.1, 0.15) is 22.3 Å². The number of rotatable bonds is 2. The largest absolute Gasteiger partial charge is 0.395 e. The van der Waals surface area contributed by atoms with E-state index in [-0.39, 0.29) is 12.0 Å². The highest BCUT2D eigenvalue weighted by Crippen LogP contribution is 2.35. The van der Waals surface area contributed by atoms with E-state index in [0.29, 0.717) is 13.2 Å². The highest BCUT2D eigenvalue weighted by atomic mass is 16.5. The Hall–Kier alpha value is -0.860. The molecule has 2 heteroatoms. The molecule has 1 aromatic rings. The predicted molar refractivity (Wildman–Crippen MR) is 60.2 cm³/mol. The van der Waals surface area contributed by atoms with Crippen molar-refractivity contribution in [2.24, 2.45) is 0 Å². The Morgan fingerprint density at radius 2 is 1.87 bits per heavy atom. The van der Waals surface area contributed by atoms with Crippen LogP contribution in [0.15, 0.2) is 12.1 Å². The molecule has 1 aliphatic rings. The van der Waals surface area contributed by atoms with Gasteiger partial charge in [-0.1, -0.05) is 12.1 Å². The van der Waals surface area contributed by atoms with Crippen LogP contribution in [-0.2, 0) is 10.2 Å². The van der Waals surface area contributed by atoms with Crippen LogP contribution < -0.4 is 0 Å². The normalized spacial score (nSPS) is 18.7. The summed E-state index contributed by atoms with van der Waals surface area (Å²) in [7, 11) is 0. The maximum absolute atomic E-state index is 9.49. The number of benzene rings is 1. The first kappa shape index (κ1) is 10.7. The molecule has 1 heterocycles. The topological polar surface area (TPSA) is 29.5 Å². The van der Waals surface area contributed by atoms with Gasteiger partial charge in [-0.25, -0.2) is 0 Å². The maximum atomic E-state index is 9.49. The van der Waals surface area contributed by atoms with Crippen LogP contribution in [-0.4, -0.2) is 24.9 Å². The van der Waals surface area contributed by atoms with Gasteiger partial charge in [0.05, 0.1) is 25.2 Å². The summed E-state index contributed by atoms with van der Waals surface area (Å²) < 4.78 is 5.25. The lowest BCUT2D eigenvalue weighted by atomic mass is 9.76. The summed E-state index contributed by atoms with van der Waals surface area (Å²) in [6.45, 7) is 7.86. The van der Waals surface area contributed by atoms with Gasteiger partial charge in [-0.2, -0.15) is 0 Å². The quantitative estimate of drug-likeness (QED) is 0.800. The van der Waals surface area contributed by atoms with Crippen molar-refractivity contribution < 1.29 is 9.84 Å². The molecule has 1 saturated heterocycles. The molecule has 2 nitrogen and oxygen atoms in total. The van der Waals surface area contributed by atoms with E-state index in [1.54, 1.807) is 0 Å². The highest BCUT2D eigenvalue weighted by molar-refractivity contribution is 5.44. The number of aryl methyl sites for hydroxylation is 1. The van der Waals surface area contributed by atoms with Gasteiger partial charge in [0.2, 0.25) is 0 Å². The Kier molecular flexibility index (Phi) is 2.57. The van der Waals surface area contributed by atoms with Gasteiger partial charge in [-0.05, 0) is 43.0 Å². The van der Waals surface area contributed by atoms with Crippen molar-refractivity contribution in [1.82, 2.24) is 0 Å². The number of hydrogen-bond donors (Lipinski definition) is 1. The summed E-state index contributed by atoms with van der Waals surface area (Å²) in [4.78, 5) is 0. The van der Waals surface area contributed by atoms with Gasteiger partial charge >= 0.3 is 0 Å². The second-order valence-electron chi connectivity index (χ2n) is 4.61. The maximum Gasteiger partial charge on any atom is 0.0653 e. The van der Waals surface area contributed by atoms with E-state index in [1.807, 2.05) is 0 Å². The van der Waals surface area contributed by atoms with Gasteiger partial charge in [0.15, 0.2) is 0 Å². The molecule has 0 saturated carbocycles. The standard InChI is InChI=1S/C13H18O2/c1-9-4-5-12(11(3)10(9)2)13(6-14)7-15-8-13/h4-5,14H,6-8H2,1-3H3. The summed E-state index contributed by atoms with van der Waals surface area (Å²) >= 11 is 0. The lowest BCUT2D eigenvalue weighted by Gasteiger charge is -2.41. The monoisotopic (exact) mass is 206 g/mol. The molecule has 15 heavy (non-hydrogen) atoms. The number of aliphatic hydroxyl groups excluding tert-OH is 1. The molecular formula is C13H18O2. The first-order valence-corrected chi connectivity index (χ1v) is 5.36. The summed E-state index contributed by atoms with van der Waals surface area (Å²) in [5, 5.41) is 9.49.